The molecule has 0 spiro atoms. The Balaban J connectivity index is 0.00000261. The molecular formula is C21H26ClN3O2. The minimum absolute atomic E-state index is 0. The third kappa shape index (κ3) is 5.31. The van der Waals surface area contributed by atoms with Gasteiger partial charge in [-0.05, 0) is 24.6 Å². The van der Waals surface area contributed by atoms with E-state index in [0.29, 0.717) is 31.7 Å². The van der Waals surface area contributed by atoms with Crippen LogP contribution < -0.4 is 5.73 Å². The number of nitrogens with zero attached hydrogens (tertiary/aromatic N) is 2. The summed E-state index contributed by atoms with van der Waals surface area (Å²) in [7, 11) is 0. The monoisotopic (exact) mass is 387 g/mol. The molecule has 1 saturated heterocycles. The van der Waals surface area contributed by atoms with E-state index in [9.17, 15) is 9.59 Å². The first-order valence-electron chi connectivity index (χ1n) is 8.99. The van der Waals surface area contributed by atoms with Crippen LogP contribution in [0.5, 0.6) is 0 Å². The molecular weight excluding hydrogens is 362 g/mol. The molecule has 0 saturated carbocycles. The van der Waals surface area contributed by atoms with Gasteiger partial charge in [-0.2, -0.15) is 0 Å². The quantitative estimate of drug-likeness (QED) is 0.877. The van der Waals surface area contributed by atoms with Crippen molar-refractivity contribution in [1.82, 2.24) is 9.80 Å². The van der Waals surface area contributed by atoms with Gasteiger partial charge in [0.05, 0.1) is 0 Å². The van der Waals surface area contributed by atoms with Crippen LogP contribution in [0, 0.1) is 6.92 Å². The Morgan fingerprint density at radius 3 is 2.07 bits per heavy atom. The van der Waals surface area contributed by atoms with Crippen molar-refractivity contribution in [2.24, 2.45) is 5.73 Å². The summed E-state index contributed by atoms with van der Waals surface area (Å²) in [6, 6.07) is 17.0. The molecule has 1 heterocycles. The van der Waals surface area contributed by atoms with Crippen molar-refractivity contribution in [3.05, 3.63) is 71.3 Å². The van der Waals surface area contributed by atoms with Crippen LogP contribution in [0.25, 0.3) is 0 Å². The van der Waals surface area contributed by atoms with Crippen LogP contribution in [-0.2, 0) is 4.79 Å². The van der Waals surface area contributed by atoms with Crippen LogP contribution in [0.2, 0.25) is 0 Å². The zero-order valence-electron chi connectivity index (χ0n) is 15.5. The molecule has 0 bridgehead atoms. The molecule has 2 aromatic rings. The van der Waals surface area contributed by atoms with E-state index in [4.69, 9.17) is 5.73 Å². The second-order valence-corrected chi connectivity index (χ2v) is 6.76. The molecule has 2 N–H and O–H groups in total. The van der Waals surface area contributed by atoms with E-state index in [2.05, 4.69) is 0 Å². The van der Waals surface area contributed by atoms with Gasteiger partial charge >= 0.3 is 0 Å². The molecule has 0 aliphatic carbocycles. The van der Waals surface area contributed by atoms with E-state index in [0.717, 1.165) is 11.1 Å². The van der Waals surface area contributed by atoms with Crippen LogP contribution in [0.3, 0.4) is 0 Å². The normalized spacial score (nSPS) is 15.0. The van der Waals surface area contributed by atoms with Crippen LogP contribution in [-0.4, -0.2) is 47.8 Å². The van der Waals surface area contributed by atoms with Crippen molar-refractivity contribution in [3.63, 3.8) is 0 Å². The summed E-state index contributed by atoms with van der Waals surface area (Å²) in [5.74, 6) is 0.0712. The van der Waals surface area contributed by atoms with Crippen molar-refractivity contribution in [3.8, 4) is 0 Å². The largest absolute Gasteiger partial charge is 0.339 e. The summed E-state index contributed by atoms with van der Waals surface area (Å²) in [5.41, 5.74) is 8.95. The second kappa shape index (κ2) is 9.53. The number of halogens is 1. The first-order valence-corrected chi connectivity index (χ1v) is 8.99. The maximum absolute atomic E-state index is 12.6. The lowest BCUT2D eigenvalue weighted by atomic mass is 10.0. The number of rotatable bonds is 4. The minimum Gasteiger partial charge on any atom is -0.339 e. The van der Waals surface area contributed by atoms with Crippen molar-refractivity contribution < 1.29 is 9.59 Å². The second-order valence-electron chi connectivity index (χ2n) is 6.76. The van der Waals surface area contributed by atoms with Crippen molar-refractivity contribution in [1.29, 1.82) is 0 Å². The number of carbonyl (C=O) groups is 2. The molecule has 3 rings (SSSR count). The maximum Gasteiger partial charge on any atom is 0.253 e. The topological polar surface area (TPSA) is 66.6 Å². The fraction of sp³-hybridized carbons (Fsp3) is 0.333. The van der Waals surface area contributed by atoms with Gasteiger partial charge in [-0.15, -0.1) is 12.4 Å². The molecule has 144 valence electrons. The molecule has 1 aliphatic rings. The summed E-state index contributed by atoms with van der Waals surface area (Å²) in [4.78, 5) is 28.7. The number of hydrogen-bond acceptors (Lipinski definition) is 3. The lowest BCUT2D eigenvalue weighted by Crippen LogP contribution is -2.51. The summed E-state index contributed by atoms with van der Waals surface area (Å²) >= 11 is 0. The molecule has 1 aliphatic heterocycles. The number of hydrogen-bond donors (Lipinski definition) is 1. The Bertz CT molecular complexity index is 757. The third-order valence-corrected chi connectivity index (χ3v) is 4.84. The summed E-state index contributed by atoms with van der Waals surface area (Å²) < 4.78 is 0. The Labute approximate surface area is 166 Å². The predicted octanol–water partition coefficient (Wildman–Crippen LogP) is 2.79. The lowest BCUT2D eigenvalue weighted by Gasteiger charge is -2.35. The number of carbonyl (C=O) groups excluding carboxylic acids is 2. The average Bonchev–Trinajstić information content (AvgIpc) is 2.69. The Morgan fingerprint density at radius 2 is 1.48 bits per heavy atom. The predicted molar refractivity (Wildman–Crippen MR) is 109 cm³/mol. The molecule has 1 atom stereocenters. The maximum atomic E-state index is 12.6. The summed E-state index contributed by atoms with van der Waals surface area (Å²) in [5, 5.41) is 0. The van der Waals surface area contributed by atoms with Gasteiger partial charge in [-0.25, -0.2) is 0 Å². The first-order chi connectivity index (χ1) is 12.5. The minimum atomic E-state index is -0.295. The van der Waals surface area contributed by atoms with E-state index in [1.54, 1.807) is 0 Å². The number of aryl methyl sites for hydroxylation is 1. The molecule has 6 heteroatoms. The van der Waals surface area contributed by atoms with Gasteiger partial charge < -0.3 is 15.5 Å². The Kier molecular flexibility index (Phi) is 7.39. The van der Waals surface area contributed by atoms with Crippen molar-refractivity contribution >= 4 is 24.2 Å². The van der Waals surface area contributed by atoms with Gasteiger partial charge in [0.25, 0.3) is 5.91 Å². The van der Waals surface area contributed by atoms with E-state index < -0.39 is 0 Å². The SMILES string of the molecule is Cc1ccc(C(=O)N2CCN(C(=O)CC(N)c3ccccc3)CC2)cc1.Cl. The standard InChI is InChI=1S/C21H25N3O2.ClH/c1-16-7-9-18(10-8-16)21(26)24-13-11-23(12-14-24)20(25)15-19(22)17-5-3-2-4-6-17;/h2-10,19H,11-15,22H2,1H3;1H. The molecule has 1 unspecified atom stereocenters. The van der Waals surface area contributed by atoms with Gasteiger partial charge in [0.15, 0.2) is 0 Å². The first kappa shape index (κ1) is 20.9. The van der Waals surface area contributed by atoms with Crippen LogP contribution in [0.15, 0.2) is 54.6 Å². The molecule has 0 radical (unpaired) electrons. The van der Waals surface area contributed by atoms with Crippen LogP contribution >= 0.6 is 12.4 Å². The number of benzene rings is 2. The van der Waals surface area contributed by atoms with Crippen molar-refractivity contribution in [2.75, 3.05) is 26.2 Å². The Hall–Kier alpha value is -2.37. The summed E-state index contributed by atoms with van der Waals surface area (Å²) in [6.45, 7) is 4.22. The highest BCUT2D eigenvalue weighted by Gasteiger charge is 2.25. The lowest BCUT2D eigenvalue weighted by molar-refractivity contribution is -0.133. The highest BCUT2D eigenvalue weighted by atomic mass is 35.5. The molecule has 1 fully saturated rings. The average molecular weight is 388 g/mol. The zero-order chi connectivity index (χ0) is 18.5. The van der Waals surface area contributed by atoms with Gasteiger partial charge in [0.1, 0.15) is 0 Å². The van der Waals surface area contributed by atoms with E-state index in [1.165, 1.54) is 0 Å². The highest BCUT2D eigenvalue weighted by molar-refractivity contribution is 5.94. The van der Waals surface area contributed by atoms with Crippen molar-refractivity contribution in [2.45, 2.75) is 19.4 Å². The summed E-state index contributed by atoms with van der Waals surface area (Å²) in [6.07, 6.45) is 0.288. The van der Waals surface area contributed by atoms with Gasteiger partial charge in [0.2, 0.25) is 5.91 Å². The number of nitrogens with two attached hydrogens (primary N) is 1. The van der Waals surface area contributed by atoms with E-state index in [-0.39, 0.29) is 36.7 Å². The Morgan fingerprint density at radius 1 is 0.926 bits per heavy atom. The van der Waals surface area contributed by atoms with Gasteiger partial charge in [0, 0.05) is 44.2 Å². The third-order valence-electron chi connectivity index (χ3n) is 4.84. The fourth-order valence-corrected chi connectivity index (χ4v) is 3.17. The fourth-order valence-electron chi connectivity index (χ4n) is 3.17. The zero-order valence-corrected chi connectivity index (χ0v) is 16.3. The van der Waals surface area contributed by atoms with Crippen LogP contribution in [0.4, 0.5) is 0 Å². The molecule has 0 aromatic heterocycles. The number of piperazine rings is 1. The van der Waals surface area contributed by atoms with E-state index in [1.807, 2.05) is 71.3 Å². The molecule has 27 heavy (non-hydrogen) atoms. The molecule has 2 amide bonds. The molecule has 2 aromatic carbocycles. The van der Waals surface area contributed by atoms with Crippen LogP contribution in [0.1, 0.15) is 33.9 Å². The number of amides is 2. The highest BCUT2D eigenvalue weighted by Crippen LogP contribution is 2.16. The van der Waals surface area contributed by atoms with E-state index >= 15 is 0 Å². The van der Waals surface area contributed by atoms with Gasteiger partial charge in [-0.3, -0.25) is 9.59 Å². The molecule has 5 nitrogen and oxygen atoms in total. The smallest absolute Gasteiger partial charge is 0.253 e. The van der Waals surface area contributed by atoms with Gasteiger partial charge in [-0.1, -0.05) is 48.0 Å².